The number of nitrogens with one attached hydrogen (secondary N) is 2. The fourth-order valence-electron chi connectivity index (χ4n) is 2.24. The van der Waals surface area contributed by atoms with Gasteiger partial charge in [-0.2, -0.15) is 0 Å². The third-order valence-corrected chi connectivity index (χ3v) is 3.01. The second-order valence-corrected chi connectivity index (χ2v) is 3.87. The number of allylic oxidation sites excluding steroid dienone is 1. The Morgan fingerprint density at radius 3 is 3.08 bits per heavy atom. The molecule has 1 aliphatic carbocycles. The molecule has 0 radical (unpaired) electrons. The summed E-state index contributed by atoms with van der Waals surface area (Å²) in [5.41, 5.74) is 7.32. The largest absolute Gasteiger partial charge is 0.316 e. The zero-order valence-electron chi connectivity index (χ0n) is 7.34. The summed E-state index contributed by atoms with van der Waals surface area (Å²) in [5.74, 6) is 0.556. The molecule has 0 bridgehead atoms. The lowest BCUT2D eigenvalue weighted by molar-refractivity contribution is 0.184. The topological polar surface area (TPSA) is 50.1 Å². The van der Waals surface area contributed by atoms with Gasteiger partial charge >= 0.3 is 0 Å². The summed E-state index contributed by atoms with van der Waals surface area (Å²) in [6.45, 7) is 4.88. The van der Waals surface area contributed by atoms with Crippen molar-refractivity contribution in [3.05, 3.63) is 12.2 Å². The molecular weight excluding hydrogens is 150 g/mol. The van der Waals surface area contributed by atoms with E-state index < -0.39 is 0 Å². The maximum absolute atomic E-state index is 5.96. The highest BCUT2D eigenvalue weighted by Gasteiger charge is 2.33. The molecule has 0 aromatic rings. The molecule has 3 heteroatoms. The van der Waals surface area contributed by atoms with Gasteiger partial charge in [-0.3, -0.25) is 5.32 Å². The Kier molecular flexibility index (Phi) is 2.17. The number of fused-ring (bicyclic) bond motifs is 1. The monoisotopic (exact) mass is 167 g/mol. The van der Waals surface area contributed by atoms with Crippen molar-refractivity contribution in [3.63, 3.8) is 0 Å². The van der Waals surface area contributed by atoms with Crippen molar-refractivity contribution < 1.29 is 0 Å². The van der Waals surface area contributed by atoms with Gasteiger partial charge < -0.3 is 11.1 Å². The molecule has 4 N–H and O–H groups in total. The highest BCUT2D eigenvalue weighted by Crippen LogP contribution is 2.29. The fraction of sp³-hybridized carbons (Fsp3) is 0.778. The van der Waals surface area contributed by atoms with E-state index in [1.165, 1.54) is 18.4 Å². The molecule has 0 spiro atoms. The van der Waals surface area contributed by atoms with Gasteiger partial charge in [0.25, 0.3) is 0 Å². The summed E-state index contributed by atoms with van der Waals surface area (Å²) >= 11 is 0. The third kappa shape index (κ3) is 1.40. The van der Waals surface area contributed by atoms with E-state index in [1.807, 2.05) is 0 Å². The molecule has 1 saturated heterocycles. The molecule has 0 aromatic heterocycles. The van der Waals surface area contributed by atoms with Crippen molar-refractivity contribution in [2.45, 2.75) is 31.5 Å². The Labute approximate surface area is 73.4 Å². The summed E-state index contributed by atoms with van der Waals surface area (Å²) in [5, 5.41) is 6.67. The van der Waals surface area contributed by atoms with Crippen LogP contribution in [0.3, 0.4) is 0 Å². The maximum Gasteiger partial charge on any atom is 0.0603 e. The molecule has 1 aliphatic heterocycles. The van der Waals surface area contributed by atoms with Crippen LogP contribution in [-0.4, -0.2) is 18.9 Å². The van der Waals surface area contributed by atoms with Crippen LogP contribution in [0.4, 0.5) is 0 Å². The average Bonchev–Trinajstić information content (AvgIpc) is 2.07. The molecule has 2 fully saturated rings. The number of rotatable bonds is 0. The van der Waals surface area contributed by atoms with Crippen LogP contribution in [0.2, 0.25) is 0 Å². The zero-order valence-corrected chi connectivity index (χ0v) is 7.34. The highest BCUT2D eigenvalue weighted by molar-refractivity contribution is 5.06. The minimum absolute atomic E-state index is 0.160. The van der Waals surface area contributed by atoms with Crippen molar-refractivity contribution in [2.75, 3.05) is 6.67 Å². The van der Waals surface area contributed by atoms with E-state index in [-0.39, 0.29) is 6.17 Å². The molecule has 12 heavy (non-hydrogen) atoms. The van der Waals surface area contributed by atoms with Crippen LogP contribution in [0, 0.1) is 5.92 Å². The van der Waals surface area contributed by atoms with Crippen LogP contribution >= 0.6 is 0 Å². The predicted molar refractivity (Wildman–Crippen MR) is 49.4 cm³/mol. The molecule has 68 valence electrons. The van der Waals surface area contributed by atoms with Gasteiger partial charge in [0, 0.05) is 18.6 Å². The lowest BCUT2D eigenvalue weighted by Crippen LogP contribution is -2.61. The predicted octanol–water partition coefficient (Wildman–Crippen LogP) is 0.146. The van der Waals surface area contributed by atoms with E-state index in [2.05, 4.69) is 17.2 Å². The molecular formula is C9H17N3. The molecule has 0 aromatic carbocycles. The van der Waals surface area contributed by atoms with Gasteiger partial charge in [-0.25, -0.2) is 0 Å². The van der Waals surface area contributed by atoms with Crippen LogP contribution in [0.25, 0.3) is 0 Å². The Balaban J connectivity index is 2.05. The summed E-state index contributed by atoms with van der Waals surface area (Å²) in [6, 6.07) is 0.617. The zero-order chi connectivity index (χ0) is 8.55. The first-order chi connectivity index (χ1) is 5.77. The lowest BCUT2D eigenvalue weighted by Gasteiger charge is -2.41. The normalized spacial score (nSPS) is 42.4. The minimum Gasteiger partial charge on any atom is -0.316 e. The summed E-state index contributed by atoms with van der Waals surface area (Å²) in [4.78, 5) is 0. The van der Waals surface area contributed by atoms with Gasteiger partial charge in [-0.15, -0.1) is 0 Å². The molecule has 1 saturated carbocycles. The van der Waals surface area contributed by atoms with Crippen LogP contribution in [-0.2, 0) is 0 Å². The summed E-state index contributed by atoms with van der Waals surface area (Å²) in [6.07, 6.45) is 3.62. The van der Waals surface area contributed by atoms with Crippen molar-refractivity contribution in [1.82, 2.24) is 10.6 Å². The van der Waals surface area contributed by atoms with Gasteiger partial charge in [0.05, 0.1) is 6.17 Å². The molecule has 2 aliphatic rings. The van der Waals surface area contributed by atoms with Crippen LogP contribution < -0.4 is 16.4 Å². The summed E-state index contributed by atoms with van der Waals surface area (Å²) < 4.78 is 0. The Morgan fingerprint density at radius 2 is 2.25 bits per heavy atom. The van der Waals surface area contributed by atoms with E-state index in [1.54, 1.807) is 0 Å². The Bertz CT molecular complexity index is 190. The molecule has 1 heterocycles. The summed E-state index contributed by atoms with van der Waals surface area (Å²) in [7, 11) is 0. The van der Waals surface area contributed by atoms with Crippen LogP contribution in [0.5, 0.6) is 0 Å². The van der Waals surface area contributed by atoms with E-state index >= 15 is 0 Å². The second-order valence-electron chi connectivity index (χ2n) is 3.87. The fourth-order valence-corrected chi connectivity index (χ4v) is 2.24. The molecule has 2 rings (SSSR count). The second kappa shape index (κ2) is 3.17. The Morgan fingerprint density at radius 1 is 1.42 bits per heavy atom. The average molecular weight is 167 g/mol. The first-order valence-electron chi connectivity index (χ1n) is 4.66. The third-order valence-electron chi connectivity index (χ3n) is 3.01. The number of hydrogen-bond acceptors (Lipinski definition) is 3. The van der Waals surface area contributed by atoms with Crippen molar-refractivity contribution in [2.24, 2.45) is 11.7 Å². The number of hydrogen-bond donors (Lipinski definition) is 3. The molecule has 3 unspecified atom stereocenters. The van der Waals surface area contributed by atoms with E-state index in [4.69, 9.17) is 5.73 Å². The maximum atomic E-state index is 5.96. The first-order valence-corrected chi connectivity index (χ1v) is 4.66. The first kappa shape index (κ1) is 8.23. The van der Waals surface area contributed by atoms with Crippen molar-refractivity contribution in [3.8, 4) is 0 Å². The van der Waals surface area contributed by atoms with Gasteiger partial charge in [0.15, 0.2) is 0 Å². The van der Waals surface area contributed by atoms with E-state index in [0.717, 1.165) is 13.1 Å². The van der Waals surface area contributed by atoms with Gasteiger partial charge in [0.2, 0.25) is 0 Å². The van der Waals surface area contributed by atoms with Crippen LogP contribution in [0.15, 0.2) is 12.2 Å². The standard InChI is InChI=1S/C9H17N3/c1-6-2-3-8-7(4-6)9(10)12-5-11-8/h7-9,11-12H,1-5,10H2. The quantitative estimate of drug-likeness (QED) is 0.450. The Hall–Kier alpha value is -0.380. The lowest BCUT2D eigenvalue weighted by atomic mass is 9.79. The van der Waals surface area contributed by atoms with Crippen molar-refractivity contribution >= 4 is 0 Å². The molecule has 3 nitrogen and oxygen atoms in total. The molecule has 0 amide bonds. The SMILES string of the molecule is C=C1CCC2NCNC(N)C2C1. The number of nitrogens with two attached hydrogens (primary N) is 1. The van der Waals surface area contributed by atoms with Gasteiger partial charge in [-0.1, -0.05) is 12.2 Å². The van der Waals surface area contributed by atoms with E-state index in [9.17, 15) is 0 Å². The van der Waals surface area contributed by atoms with Crippen LogP contribution in [0.1, 0.15) is 19.3 Å². The molecule has 3 atom stereocenters. The minimum atomic E-state index is 0.160. The van der Waals surface area contributed by atoms with Crippen molar-refractivity contribution in [1.29, 1.82) is 0 Å². The van der Waals surface area contributed by atoms with E-state index in [0.29, 0.717) is 12.0 Å². The van der Waals surface area contributed by atoms with Gasteiger partial charge in [0.1, 0.15) is 0 Å². The van der Waals surface area contributed by atoms with Gasteiger partial charge in [-0.05, 0) is 19.3 Å². The highest BCUT2D eigenvalue weighted by atomic mass is 15.2. The smallest absolute Gasteiger partial charge is 0.0603 e.